The first-order valence-electron chi connectivity index (χ1n) is 54.4. The van der Waals surface area contributed by atoms with Crippen LogP contribution >= 0.6 is 0 Å². The number of rotatable bonds is 101. The van der Waals surface area contributed by atoms with E-state index in [0.29, 0.717) is 38.7 Å². The number of esters is 5. The number of carbonyl (C=O) groups is 5. The zero-order valence-corrected chi connectivity index (χ0v) is 82.2. The van der Waals surface area contributed by atoms with Gasteiger partial charge in [-0.15, -0.1) is 0 Å². The average molecular weight is 1710 g/mol. The second-order valence-corrected chi connectivity index (χ2v) is 37.0. The lowest BCUT2D eigenvalue weighted by Gasteiger charge is -2.18. The quantitative estimate of drug-likeness (QED) is 0.0249. The summed E-state index contributed by atoms with van der Waals surface area (Å²) >= 11 is 0. The predicted octanol–water partition coefficient (Wildman–Crippen LogP) is 36.0. The summed E-state index contributed by atoms with van der Waals surface area (Å²) in [5, 5.41) is 0. The summed E-state index contributed by atoms with van der Waals surface area (Å²) in [4.78, 5) is 63.2. The van der Waals surface area contributed by atoms with Gasteiger partial charge in [-0.2, -0.15) is 0 Å². The minimum atomic E-state index is -0.767. The van der Waals surface area contributed by atoms with Crippen molar-refractivity contribution in [2.45, 2.75) is 619 Å². The number of ether oxygens (including phenoxy) is 6. The summed E-state index contributed by atoms with van der Waals surface area (Å²) in [6.45, 7) is 14.4. The Labute approximate surface area is 754 Å². The Kier molecular flexibility index (Phi) is 106. The lowest BCUT2D eigenvalue weighted by atomic mass is 10.0. The van der Waals surface area contributed by atoms with Gasteiger partial charge in [0.25, 0.3) is 0 Å². The molecule has 11 heteroatoms. The van der Waals surface area contributed by atoms with Crippen LogP contribution in [-0.4, -0.2) is 75.1 Å². The second-order valence-electron chi connectivity index (χ2n) is 37.0. The topological polar surface area (TPSA) is 141 Å². The van der Waals surface area contributed by atoms with Crippen LogP contribution in [0.4, 0.5) is 0 Å². The molecule has 716 valence electrons. The average Bonchev–Trinajstić information content (AvgIpc) is 0.938. The molecule has 11 nitrogen and oxygen atoms in total. The molecule has 0 aromatic heterocycles. The molecule has 0 amide bonds. The lowest BCUT2D eigenvalue weighted by molar-refractivity contribution is -0.167. The van der Waals surface area contributed by atoms with Crippen molar-refractivity contribution in [2.24, 2.45) is 0 Å². The summed E-state index contributed by atoms with van der Waals surface area (Å²) in [5.74, 6) is -1.17. The molecule has 0 aliphatic heterocycles. The molecule has 2 unspecified atom stereocenters. The van der Waals surface area contributed by atoms with E-state index in [9.17, 15) is 24.0 Å². The number of carbonyl (C=O) groups excluding carboxylic acids is 5. The normalized spacial score (nSPS) is 12.0. The first-order chi connectivity index (χ1) is 59.7. The third kappa shape index (κ3) is 105. The van der Waals surface area contributed by atoms with Crippen LogP contribution in [-0.2, 0) is 52.4 Å². The number of unbranched alkanes of at least 4 members (excludes halogenated alkanes) is 75. The van der Waals surface area contributed by atoms with E-state index in [4.69, 9.17) is 28.4 Å². The molecule has 0 saturated heterocycles. The molecule has 0 radical (unpaired) electrons. The maximum atomic E-state index is 12.8. The zero-order chi connectivity index (χ0) is 87.9. The first kappa shape index (κ1) is 120. The van der Waals surface area contributed by atoms with E-state index in [1.54, 1.807) is 0 Å². The van der Waals surface area contributed by atoms with Crippen LogP contribution in [0.1, 0.15) is 607 Å². The van der Waals surface area contributed by atoms with Crippen molar-refractivity contribution in [1.29, 1.82) is 0 Å². The van der Waals surface area contributed by atoms with E-state index in [-0.39, 0.29) is 56.3 Å². The van der Waals surface area contributed by atoms with Gasteiger partial charge >= 0.3 is 29.8 Å². The molecule has 121 heavy (non-hydrogen) atoms. The van der Waals surface area contributed by atoms with Crippen molar-refractivity contribution in [3.8, 4) is 0 Å². The number of hydrogen-bond donors (Lipinski definition) is 0. The standard InChI is InChI=1S/C55H104O6.C55H106O5/c1-4-7-10-13-16-19-22-25-27-30-33-36-39-42-45-48-54(57)60-51-52(50-59-53(56)47-44-41-38-35-32-29-24-21-18-15-12-9-6-3)61-55(58)49-46-43-40-37-34-31-28-26-23-20-17-14-11-8-5-2;1-4-7-10-13-16-19-22-25-27-29-32-35-38-41-44-47-50-58-53(51-59-54(56)48-45-42-39-36-33-30-24-21-18-15-12-9-6-3)52-60-55(57)49-46-43-40-37-34-31-28-26-23-20-17-14-11-8-5-2/h26,28,52H,4-25,27,29-51H2,1-3H3;25,27,53H,4-24,26,28-52H2,1-3H3. The molecule has 0 bridgehead atoms. The van der Waals surface area contributed by atoms with E-state index < -0.39 is 12.2 Å². The SMILES string of the molecule is CCCCCCCCC=CCCCCCCCC(=O)OC(COC(=O)CCCCCCCCCCCCCCC)COC(=O)CCCCCCCCCCCCCCCCC.CCCCCCCCC=CCCCCCCCCOC(COC(=O)CCCCCCCCCCCCCCC)COC(=O)CCCCCCCCCCCCCCCCC. The summed E-state index contributed by atoms with van der Waals surface area (Å²) in [6, 6.07) is 0. The van der Waals surface area contributed by atoms with Crippen LogP contribution in [0.15, 0.2) is 24.3 Å². The lowest BCUT2D eigenvalue weighted by Crippen LogP contribution is -2.30. The first-order valence-corrected chi connectivity index (χ1v) is 54.4. The predicted molar refractivity (Wildman–Crippen MR) is 522 cm³/mol. The molecule has 0 rings (SSSR count). The van der Waals surface area contributed by atoms with Gasteiger partial charge in [-0.3, -0.25) is 24.0 Å². The maximum absolute atomic E-state index is 12.8. The molecule has 0 aliphatic carbocycles. The molecule has 0 spiro atoms. The van der Waals surface area contributed by atoms with Crippen molar-refractivity contribution in [3.63, 3.8) is 0 Å². The summed E-state index contributed by atoms with van der Waals surface area (Å²) in [6.07, 6.45) is 116. The number of allylic oxidation sites excluding steroid dienone is 4. The van der Waals surface area contributed by atoms with Gasteiger partial charge in [0.1, 0.15) is 32.5 Å². The van der Waals surface area contributed by atoms with Crippen LogP contribution in [0.25, 0.3) is 0 Å². The third-order valence-corrected chi connectivity index (χ3v) is 24.6. The van der Waals surface area contributed by atoms with Crippen LogP contribution in [0, 0.1) is 0 Å². The third-order valence-electron chi connectivity index (χ3n) is 24.6. The maximum Gasteiger partial charge on any atom is 0.306 e. The van der Waals surface area contributed by atoms with Crippen molar-refractivity contribution in [2.75, 3.05) is 33.0 Å². The monoisotopic (exact) mass is 1710 g/mol. The van der Waals surface area contributed by atoms with Gasteiger partial charge in [-0.1, -0.05) is 509 Å². The Balaban J connectivity index is 0. The van der Waals surface area contributed by atoms with E-state index in [0.717, 1.165) is 103 Å². The Morgan fingerprint density at radius 2 is 0.322 bits per heavy atom. The highest BCUT2D eigenvalue weighted by Crippen LogP contribution is 2.22. The summed E-state index contributed by atoms with van der Waals surface area (Å²) in [5.41, 5.74) is 0. The van der Waals surface area contributed by atoms with Crippen LogP contribution in [0.2, 0.25) is 0 Å². The van der Waals surface area contributed by atoms with Crippen LogP contribution in [0.3, 0.4) is 0 Å². The van der Waals surface area contributed by atoms with E-state index in [1.165, 1.54) is 430 Å². The smallest absolute Gasteiger partial charge is 0.306 e. The molecule has 0 heterocycles. The zero-order valence-electron chi connectivity index (χ0n) is 82.2. The van der Waals surface area contributed by atoms with Gasteiger partial charge < -0.3 is 28.4 Å². The molecular weight excluding hydrogens is 1500 g/mol. The van der Waals surface area contributed by atoms with Crippen LogP contribution < -0.4 is 0 Å². The van der Waals surface area contributed by atoms with Crippen molar-refractivity contribution in [3.05, 3.63) is 24.3 Å². The highest BCUT2D eigenvalue weighted by Gasteiger charge is 2.21. The minimum Gasteiger partial charge on any atom is -0.463 e. The fourth-order valence-electron chi connectivity index (χ4n) is 16.3. The Hall–Kier alpha value is -3.21. The van der Waals surface area contributed by atoms with Gasteiger partial charge in [-0.25, -0.2) is 0 Å². The second kappa shape index (κ2) is 107. The molecule has 0 aliphatic rings. The molecule has 0 aromatic rings. The fraction of sp³-hybridized carbons (Fsp3) is 0.918. The molecule has 0 saturated carbocycles. The van der Waals surface area contributed by atoms with Gasteiger partial charge in [-0.05, 0) is 89.9 Å². The molecular formula is C110H210O11. The van der Waals surface area contributed by atoms with Gasteiger partial charge in [0, 0.05) is 38.7 Å². The highest BCUT2D eigenvalue weighted by molar-refractivity contribution is 5.71. The van der Waals surface area contributed by atoms with Crippen molar-refractivity contribution >= 4 is 29.8 Å². The molecule has 0 aromatic carbocycles. The van der Waals surface area contributed by atoms with Gasteiger partial charge in [0.2, 0.25) is 0 Å². The molecule has 0 N–H and O–H groups in total. The Morgan fingerprint density at radius 3 is 0.512 bits per heavy atom. The Bertz CT molecular complexity index is 2110. The van der Waals surface area contributed by atoms with E-state index in [2.05, 4.69) is 65.8 Å². The summed E-state index contributed by atoms with van der Waals surface area (Å²) < 4.78 is 34.3. The van der Waals surface area contributed by atoms with Gasteiger partial charge in [0.15, 0.2) is 6.10 Å². The van der Waals surface area contributed by atoms with E-state index >= 15 is 0 Å². The molecule has 0 fully saturated rings. The number of hydrogen-bond acceptors (Lipinski definition) is 11. The van der Waals surface area contributed by atoms with Crippen LogP contribution in [0.5, 0.6) is 0 Å². The minimum absolute atomic E-state index is 0.0677. The van der Waals surface area contributed by atoms with Gasteiger partial charge in [0.05, 0.1) is 0 Å². The largest absolute Gasteiger partial charge is 0.463 e. The summed E-state index contributed by atoms with van der Waals surface area (Å²) in [7, 11) is 0. The highest BCUT2D eigenvalue weighted by atomic mass is 16.6. The van der Waals surface area contributed by atoms with Crippen molar-refractivity contribution < 1.29 is 52.4 Å². The van der Waals surface area contributed by atoms with E-state index in [1.807, 2.05) is 0 Å². The fourth-order valence-corrected chi connectivity index (χ4v) is 16.3. The molecule has 2 atom stereocenters. The Morgan fingerprint density at radius 1 is 0.174 bits per heavy atom. The van der Waals surface area contributed by atoms with Crippen molar-refractivity contribution in [1.82, 2.24) is 0 Å².